The van der Waals surface area contributed by atoms with Crippen LogP contribution in [0.5, 0.6) is 17.2 Å². The lowest BCUT2D eigenvalue weighted by molar-refractivity contribution is 0.255. The zero-order chi connectivity index (χ0) is 26.4. The van der Waals surface area contributed by atoms with E-state index < -0.39 is 0 Å². The van der Waals surface area contributed by atoms with E-state index in [0.717, 1.165) is 62.9 Å². The molecule has 0 bridgehead atoms. The van der Waals surface area contributed by atoms with Gasteiger partial charge in [0.2, 0.25) is 0 Å². The molecule has 196 valence electrons. The fourth-order valence-corrected chi connectivity index (χ4v) is 6.14. The van der Waals surface area contributed by atoms with E-state index >= 15 is 0 Å². The smallest absolute Gasteiger partial charge is 0.281 e. The number of thioether (sulfide) groups is 1. The molecule has 3 atom stereocenters. The summed E-state index contributed by atoms with van der Waals surface area (Å²) in [6.45, 7) is 4.49. The molecular weight excluding hydrogens is 500 g/mol. The predicted molar refractivity (Wildman–Crippen MR) is 149 cm³/mol. The van der Waals surface area contributed by atoms with Crippen molar-refractivity contribution >= 4 is 33.7 Å². The molecule has 0 saturated carbocycles. The van der Waals surface area contributed by atoms with Gasteiger partial charge in [0, 0.05) is 31.1 Å². The summed E-state index contributed by atoms with van der Waals surface area (Å²) in [5, 5.41) is 6.19. The number of aryl methyl sites for hydroxylation is 3. The number of fused-ring (bicyclic) bond motifs is 2. The number of nitrogens with zero attached hydrogens (tertiary/aromatic N) is 2. The van der Waals surface area contributed by atoms with Gasteiger partial charge in [0.15, 0.2) is 6.23 Å². The summed E-state index contributed by atoms with van der Waals surface area (Å²) in [6, 6.07) is 18.0. The van der Waals surface area contributed by atoms with Crippen LogP contribution in [0.15, 0.2) is 54.6 Å². The van der Waals surface area contributed by atoms with Crippen molar-refractivity contribution < 1.29 is 19.0 Å². The van der Waals surface area contributed by atoms with Gasteiger partial charge in [-0.1, -0.05) is 23.9 Å². The summed E-state index contributed by atoms with van der Waals surface area (Å²) in [5.74, 6) is 3.17. The largest absolute Gasteiger partial charge is 0.486 e. The number of benzene rings is 3. The molecule has 4 aromatic rings. The van der Waals surface area contributed by atoms with Crippen LogP contribution in [0.2, 0.25) is 0 Å². The lowest BCUT2D eigenvalue weighted by atomic mass is 10.1. The Balaban J connectivity index is 1.11. The van der Waals surface area contributed by atoms with Crippen LogP contribution < -0.4 is 20.1 Å². The van der Waals surface area contributed by atoms with E-state index in [9.17, 15) is 4.79 Å². The van der Waals surface area contributed by atoms with Gasteiger partial charge >= 0.3 is 0 Å². The fourth-order valence-electron chi connectivity index (χ4n) is 5.06. The molecule has 2 aliphatic rings. The quantitative estimate of drug-likeness (QED) is 0.283. The summed E-state index contributed by atoms with van der Waals surface area (Å²) in [5.41, 5.74) is 6.43. The van der Waals surface area contributed by atoms with Crippen LogP contribution in [-0.2, 0) is 24.8 Å². The van der Waals surface area contributed by atoms with Crippen LogP contribution in [-0.4, -0.2) is 39.4 Å². The first-order valence-electron chi connectivity index (χ1n) is 12.6. The van der Waals surface area contributed by atoms with Gasteiger partial charge in [-0.05, 0) is 73.4 Å². The Morgan fingerprint density at radius 1 is 1.05 bits per heavy atom. The molecule has 38 heavy (non-hydrogen) atoms. The van der Waals surface area contributed by atoms with Crippen molar-refractivity contribution in [3.63, 3.8) is 0 Å². The number of aromatic nitrogens is 2. The molecule has 2 N–H and O–H groups in total. The van der Waals surface area contributed by atoms with Crippen molar-refractivity contribution in [2.24, 2.45) is 7.05 Å². The van der Waals surface area contributed by atoms with Crippen molar-refractivity contribution in [2.75, 3.05) is 12.4 Å². The van der Waals surface area contributed by atoms with Crippen molar-refractivity contribution in [3.05, 3.63) is 77.1 Å². The van der Waals surface area contributed by atoms with Crippen LogP contribution in [0, 0.1) is 13.8 Å². The van der Waals surface area contributed by atoms with Gasteiger partial charge in [-0.2, -0.15) is 0 Å². The SMILES string of the molecule is CNc1c(C)cc(Oc2ccc3nc(COc4ccc(CC5SC(=O)NC6O[C@H]65)cc4)n(C)c3c2)cc1C. The monoisotopic (exact) mass is 530 g/mol. The molecule has 2 unspecified atom stereocenters. The summed E-state index contributed by atoms with van der Waals surface area (Å²) < 4.78 is 19.8. The maximum atomic E-state index is 11.7. The van der Waals surface area contributed by atoms with Crippen LogP contribution in [0.4, 0.5) is 10.5 Å². The number of hydrogen-bond donors (Lipinski definition) is 2. The molecular formula is C29H30N4O4S. The second-order valence-corrected chi connectivity index (χ2v) is 11.0. The summed E-state index contributed by atoms with van der Waals surface area (Å²) in [4.78, 5) is 16.5. The molecule has 1 aromatic heterocycles. The van der Waals surface area contributed by atoms with E-state index in [1.54, 1.807) is 0 Å². The highest BCUT2D eigenvalue weighted by Crippen LogP contribution is 2.38. The lowest BCUT2D eigenvalue weighted by Gasteiger charge is -2.17. The Kier molecular flexibility index (Phi) is 6.41. The Bertz CT molecular complexity index is 1490. The van der Waals surface area contributed by atoms with Gasteiger partial charge in [0.25, 0.3) is 5.24 Å². The van der Waals surface area contributed by atoms with Gasteiger partial charge in [0.05, 0.1) is 11.0 Å². The average molecular weight is 531 g/mol. The topological polar surface area (TPSA) is 89.9 Å². The second-order valence-electron chi connectivity index (χ2n) is 9.77. The molecule has 2 fully saturated rings. The van der Waals surface area contributed by atoms with Crippen LogP contribution in [0.1, 0.15) is 22.5 Å². The molecule has 6 rings (SSSR count). The Labute approximate surface area is 225 Å². The number of epoxide rings is 1. The number of nitrogens with one attached hydrogen (secondary N) is 2. The minimum Gasteiger partial charge on any atom is -0.486 e. The Morgan fingerprint density at radius 3 is 2.53 bits per heavy atom. The van der Waals surface area contributed by atoms with E-state index in [1.807, 2.05) is 73.3 Å². The minimum atomic E-state index is -0.106. The van der Waals surface area contributed by atoms with Gasteiger partial charge in [-0.15, -0.1) is 0 Å². The van der Waals surface area contributed by atoms with Gasteiger partial charge < -0.3 is 29.4 Å². The van der Waals surface area contributed by atoms with Crippen LogP contribution in [0.3, 0.4) is 0 Å². The average Bonchev–Trinajstić information content (AvgIpc) is 3.60. The van der Waals surface area contributed by atoms with Crippen molar-refractivity contribution in [3.8, 4) is 17.2 Å². The van der Waals surface area contributed by atoms with E-state index in [4.69, 9.17) is 19.2 Å². The van der Waals surface area contributed by atoms with E-state index in [2.05, 4.69) is 24.5 Å². The molecule has 0 radical (unpaired) electrons. The number of amides is 1. The molecule has 9 heteroatoms. The standard InChI is InChI=1S/C29H30N4O4S/c1-16-11-21(12-17(2)26(16)30-3)36-20-9-10-22-23(14-20)33(4)25(31-22)15-35-19-7-5-18(6-8-19)13-24-27-28(37-27)32-29(34)38-24/h5-12,14,24,27-28,30H,13,15H2,1-4H3,(H,32,34)/t24?,27-,28?/m0/s1. The number of imidazole rings is 1. The maximum absolute atomic E-state index is 11.7. The van der Waals surface area contributed by atoms with Crippen molar-refractivity contribution in [1.29, 1.82) is 0 Å². The molecule has 3 heterocycles. The molecule has 1 amide bonds. The summed E-state index contributed by atoms with van der Waals surface area (Å²) >= 11 is 1.32. The number of carbonyl (C=O) groups excluding carboxylic acids is 1. The third-order valence-corrected chi connectivity index (χ3v) is 8.15. The van der Waals surface area contributed by atoms with Gasteiger partial charge in [0.1, 0.15) is 35.8 Å². The first kappa shape index (κ1) is 24.6. The molecule has 8 nitrogen and oxygen atoms in total. The minimum absolute atomic E-state index is 0.0109. The number of carbonyl (C=O) groups is 1. The third kappa shape index (κ3) is 4.91. The normalized spacial score (nSPS) is 20.1. The van der Waals surface area contributed by atoms with Gasteiger partial charge in [-0.3, -0.25) is 4.79 Å². The number of hydrogen-bond acceptors (Lipinski definition) is 7. The Hall–Kier alpha value is -3.69. The van der Waals surface area contributed by atoms with E-state index in [1.165, 1.54) is 11.8 Å². The Morgan fingerprint density at radius 2 is 1.79 bits per heavy atom. The van der Waals surface area contributed by atoms with Crippen molar-refractivity contribution in [2.45, 2.75) is 44.5 Å². The second kappa shape index (κ2) is 9.89. The van der Waals surface area contributed by atoms with E-state index in [0.29, 0.717) is 6.61 Å². The molecule has 0 aliphatic carbocycles. The third-order valence-electron chi connectivity index (χ3n) is 7.08. The number of anilines is 1. The fraction of sp³-hybridized carbons (Fsp3) is 0.310. The number of rotatable bonds is 8. The van der Waals surface area contributed by atoms with Gasteiger partial charge in [-0.25, -0.2) is 4.98 Å². The van der Waals surface area contributed by atoms with Crippen LogP contribution >= 0.6 is 11.8 Å². The van der Waals surface area contributed by atoms with E-state index in [-0.39, 0.29) is 22.8 Å². The zero-order valence-corrected chi connectivity index (χ0v) is 22.6. The summed E-state index contributed by atoms with van der Waals surface area (Å²) in [6.07, 6.45) is 0.794. The molecule has 3 aromatic carbocycles. The number of ether oxygens (including phenoxy) is 3. The predicted octanol–water partition coefficient (Wildman–Crippen LogP) is 5.70. The maximum Gasteiger partial charge on any atom is 0.281 e. The van der Waals surface area contributed by atoms with Crippen molar-refractivity contribution in [1.82, 2.24) is 14.9 Å². The highest BCUT2D eigenvalue weighted by atomic mass is 32.2. The first-order chi connectivity index (χ1) is 18.4. The highest BCUT2D eigenvalue weighted by Gasteiger charge is 2.50. The van der Waals surface area contributed by atoms with Crippen LogP contribution in [0.25, 0.3) is 11.0 Å². The molecule has 0 spiro atoms. The lowest BCUT2D eigenvalue weighted by Crippen LogP contribution is -2.35. The highest BCUT2D eigenvalue weighted by molar-refractivity contribution is 8.14. The molecule has 2 saturated heterocycles. The first-order valence-corrected chi connectivity index (χ1v) is 13.5. The summed E-state index contributed by atoms with van der Waals surface area (Å²) in [7, 11) is 3.92. The zero-order valence-electron chi connectivity index (χ0n) is 21.8. The molecule has 2 aliphatic heterocycles.